The quantitative estimate of drug-likeness (QED) is 0.761. The number of rotatable bonds is 7. The van der Waals surface area contributed by atoms with Crippen LogP contribution in [0.4, 0.5) is 11.8 Å². The zero-order chi connectivity index (χ0) is 17.7. The first-order valence-corrected chi connectivity index (χ1v) is 8.60. The minimum atomic E-state index is -0.0598. The topological polar surface area (TPSA) is 79.4 Å². The maximum absolute atomic E-state index is 12.0. The molecule has 8 heteroatoms. The number of hydrogen-bond donors (Lipinski definition) is 2. The monoisotopic (exact) mass is 371 g/mol. The molecule has 1 amide bonds. The van der Waals surface area contributed by atoms with Gasteiger partial charge in [-0.25, -0.2) is 4.98 Å². The van der Waals surface area contributed by atoms with E-state index >= 15 is 0 Å². The molecule has 2 rings (SSSR count). The SMILES string of the molecule is CCOCC(=O)N[C@H]1CN(c2nc(C)cc(NC)n2)C[C@@H]1C(C)C.Cl. The van der Waals surface area contributed by atoms with Crippen LogP contribution in [0.1, 0.15) is 26.5 Å². The van der Waals surface area contributed by atoms with Gasteiger partial charge >= 0.3 is 0 Å². The first kappa shape index (κ1) is 21.4. The number of ether oxygens (including phenoxy) is 1. The van der Waals surface area contributed by atoms with E-state index in [1.54, 1.807) is 0 Å². The fraction of sp³-hybridized carbons (Fsp3) is 0.706. The van der Waals surface area contributed by atoms with Crippen LogP contribution in [0.3, 0.4) is 0 Å². The smallest absolute Gasteiger partial charge is 0.246 e. The highest BCUT2D eigenvalue weighted by atomic mass is 35.5. The predicted octanol–water partition coefficient (Wildman–Crippen LogP) is 1.86. The van der Waals surface area contributed by atoms with E-state index in [4.69, 9.17) is 4.74 Å². The second kappa shape index (κ2) is 9.77. The number of carbonyl (C=O) groups excluding carboxylic acids is 1. The molecule has 1 saturated heterocycles. The van der Waals surface area contributed by atoms with Crippen LogP contribution in [-0.2, 0) is 9.53 Å². The van der Waals surface area contributed by atoms with E-state index in [9.17, 15) is 4.79 Å². The highest BCUT2D eigenvalue weighted by Gasteiger charge is 2.36. The number of aromatic nitrogens is 2. The Morgan fingerprint density at radius 3 is 2.72 bits per heavy atom. The molecule has 1 aliphatic heterocycles. The molecule has 142 valence electrons. The average molecular weight is 372 g/mol. The zero-order valence-corrected chi connectivity index (χ0v) is 16.5. The Labute approximate surface area is 156 Å². The summed E-state index contributed by atoms with van der Waals surface area (Å²) in [7, 11) is 1.85. The predicted molar refractivity (Wildman–Crippen MR) is 103 cm³/mol. The molecule has 1 aliphatic rings. The number of carbonyl (C=O) groups is 1. The van der Waals surface area contributed by atoms with Gasteiger partial charge in [-0.05, 0) is 19.8 Å². The third-order valence-corrected chi connectivity index (χ3v) is 4.39. The lowest BCUT2D eigenvalue weighted by atomic mass is 9.91. The van der Waals surface area contributed by atoms with E-state index in [0.29, 0.717) is 30.9 Å². The van der Waals surface area contributed by atoms with Gasteiger partial charge in [0.2, 0.25) is 11.9 Å². The summed E-state index contributed by atoms with van der Waals surface area (Å²) < 4.78 is 5.20. The fourth-order valence-corrected chi connectivity index (χ4v) is 3.09. The summed E-state index contributed by atoms with van der Waals surface area (Å²) in [4.78, 5) is 23.3. The fourth-order valence-electron chi connectivity index (χ4n) is 3.09. The molecule has 0 aromatic carbocycles. The second-order valence-electron chi connectivity index (χ2n) is 6.57. The highest BCUT2D eigenvalue weighted by Crippen LogP contribution is 2.27. The molecule has 1 aromatic rings. The molecule has 0 aliphatic carbocycles. The molecule has 2 N–H and O–H groups in total. The maximum atomic E-state index is 12.0. The van der Waals surface area contributed by atoms with Gasteiger partial charge in [0, 0.05) is 44.4 Å². The Morgan fingerprint density at radius 2 is 2.12 bits per heavy atom. The number of amides is 1. The number of anilines is 2. The third kappa shape index (κ3) is 5.71. The normalized spacial score (nSPS) is 19.7. The number of hydrogen-bond acceptors (Lipinski definition) is 6. The van der Waals surface area contributed by atoms with Crippen LogP contribution in [0.15, 0.2) is 6.07 Å². The van der Waals surface area contributed by atoms with Crippen LogP contribution in [0, 0.1) is 18.8 Å². The van der Waals surface area contributed by atoms with Crippen LogP contribution in [0.5, 0.6) is 0 Å². The van der Waals surface area contributed by atoms with Gasteiger partial charge in [0.1, 0.15) is 12.4 Å². The third-order valence-electron chi connectivity index (χ3n) is 4.39. The number of aryl methyl sites for hydroxylation is 1. The molecule has 25 heavy (non-hydrogen) atoms. The summed E-state index contributed by atoms with van der Waals surface area (Å²) in [5, 5.41) is 6.18. The van der Waals surface area contributed by atoms with Crippen LogP contribution >= 0.6 is 12.4 Å². The van der Waals surface area contributed by atoms with E-state index in [1.807, 2.05) is 27.0 Å². The van der Waals surface area contributed by atoms with Crippen molar-refractivity contribution in [3.8, 4) is 0 Å². The van der Waals surface area contributed by atoms with E-state index < -0.39 is 0 Å². The Bertz CT molecular complexity index is 570. The van der Waals surface area contributed by atoms with Gasteiger partial charge in [-0.1, -0.05) is 13.8 Å². The Morgan fingerprint density at radius 1 is 1.40 bits per heavy atom. The van der Waals surface area contributed by atoms with Crippen molar-refractivity contribution >= 4 is 30.1 Å². The molecule has 7 nitrogen and oxygen atoms in total. The number of halogens is 1. The second-order valence-corrected chi connectivity index (χ2v) is 6.57. The van der Waals surface area contributed by atoms with Crippen LogP contribution in [0.25, 0.3) is 0 Å². The lowest BCUT2D eigenvalue weighted by molar-refractivity contribution is -0.126. The first-order chi connectivity index (χ1) is 11.4. The molecule has 0 bridgehead atoms. The first-order valence-electron chi connectivity index (χ1n) is 8.60. The summed E-state index contributed by atoms with van der Waals surface area (Å²) in [5.74, 6) is 2.28. The van der Waals surface area contributed by atoms with Gasteiger partial charge in [-0.2, -0.15) is 4.98 Å². The van der Waals surface area contributed by atoms with Crippen molar-refractivity contribution in [1.82, 2.24) is 15.3 Å². The zero-order valence-electron chi connectivity index (χ0n) is 15.7. The number of nitrogens with zero attached hydrogens (tertiary/aromatic N) is 3. The van der Waals surface area contributed by atoms with Crippen molar-refractivity contribution in [1.29, 1.82) is 0 Å². The Hall–Kier alpha value is -1.60. The van der Waals surface area contributed by atoms with E-state index in [2.05, 4.69) is 39.3 Å². The van der Waals surface area contributed by atoms with E-state index in [0.717, 1.165) is 18.1 Å². The summed E-state index contributed by atoms with van der Waals surface area (Å²) in [5.41, 5.74) is 0.925. The standard InChI is InChI=1S/C17H29N5O2.ClH/c1-6-24-10-16(23)20-14-9-22(8-13(14)11(2)3)17-19-12(4)7-15(18-5)21-17;/h7,11,13-14H,6,8-10H2,1-5H3,(H,20,23)(H,18,19,21);1H/t13-,14+;/m1./s1. The summed E-state index contributed by atoms with van der Waals surface area (Å²) in [6.45, 7) is 10.4. The molecule has 2 atom stereocenters. The van der Waals surface area contributed by atoms with Crippen molar-refractivity contribution in [2.45, 2.75) is 33.7 Å². The van der Waals surface area contributed by atoms with Crippen LogP contribution < -0.4 is 15.5 Å². The minimum Gasteiger partial charge on any atom is -0.373 e. The molecule has 0 radical (unpaired) electrons. The highest BCUT2D eigenvalue weighted by molar-refractivity contribution is 5.85. The van der Waals surface area contributed by atoms with E-state index in [-0.39, 0.29) is 31.0 Å². The Balaban J connectivity index is 0.00000312. The van der Waals surface area contributed by atoms with Crippen LogP contribution in [0.2, 0.25) is 0 Å². The maximum Gasteiger partial charge on any atom is 0.246 e. The Kier molecular flexibility index (Phi) is 8.38. The van der Waals surface area contributed by atoms with Gasteiger partial charge in [-0.15, -0.1) is 12.4 Å². The van der Waals surface area contributed by atoms with Crippen molar-refractivity contribution in [3.63, 3.8) is 0 Å². The van der Waals surface area contributed by atoms with Gasteiger partial charge < -0.3 is 20.3 Å². The molecular formula is C17H30ClN5O2. The molecule has 0 unspecified atom stereocenters. The van der Waals surface area contributed by atoms with Crippen molar-refractivity contribution in [3.05, 3.63) is 11.8 Å². The van der Waals surface area contributed by atoms with Gasteiger partial charge in [-0.3, -0.25) is 4.79 Å². The van der Waals surface area contributed by atoms with Crippen LogP contribution in [-0.4, -0.2) is 55.3 Å². The van der Waals surface area contributed by atoms with Crippen molar-refractivity contribution in [2.75, 3.05) is 43.6 Å². The van der Waals surface area contributed by atoms with Crippen molar-refractivity contribution < 1.29 is 9.53 Å². The largest absolute Gasteiger partial charge is 0.373 e. The summed E-state index contributed by atoms with van der Waals surface area (Å²) >= 11 is 0. The average Bonchev–Trinajstić information content (AvgIpc) is 2.96. The molecular weight excluding hydrogens is 342 g/mol. The van der Waals surface area contributed by atoms with Gasteiger partial charge in [0.15, 0.2) is 0 Å². The molecule has 2 heterocycles. The molecule has 0 spiro atoms. The summed E-state index contributed by atoms with van der Waals surface area (Å²) in [6, 6.07) is 2.00. The molecule has 1 fully saturated rings. The molecule has 0 saturated carbocycles. The lowest BCUT2D eigenvalue weighted by Gasteiger charge is -2.22. The summed E-state index contributed by atoms with van der Waals surface area (Å²) in [6.07, 6.45) is 0. The van der Waals surface area contributed by atoms with Gasteiger partial charge in [0.25, 0.3) is 0 Å². The van der Waals surface area contributed by atoms with Gasteiger partial charge in [0.05, 0.1) is 6.04 Å². The van der Waals surface area contributed by atoms with Crippen molar-refractivity contribution in [2.24, 2.45) is 11.8 Å². The lowest BCUT2D eigenvalue weighted by Crippen LogP contribution is -2.43. The molecule has 1 aromatic heterocycles. The number of nitrogens with one attached hydrogen (secondary N) is 2. The van der Waals surface area contributed by atoms with E-state index in [1.165, 1.54) is 0 Å². The minimum absolute atomic E-state index is 0.